The first-order valence-corrected chi connectivity index (χ1v) is 12.3. The molecule has 0 fully saturated rings. The second-order valence-electron chi connectivity index (χ2n) is 8.45. The third-order valence-corrected chi connectivity index (χ3v) is 8.04. The minimum atomic E-state index is -3.37. The van der Waals surface area contributed by atoms with Gasteiger partial charge in [0, 0.05) is 13.5 Å². The number of furan rings is 1. The molecule has 0 aliphatic carbocycles. The van der Waals surface area contributed by atoms with Gasteiger partial charge in [0.15, 0.2) is 15.6 Å². The predicted octanol–water partition coefficient (Wildman–Crippen LogP) is 4.53. The lowest BCUT2D eigenvalue weighted by atomic mass is 10.0. The summed E-state index contributed by atoms with van der Waals surface area (Å²) >= 11 is 0. The van der Waals surface area contributed by atoms with E-state index in [1.54, 1.807) is 60.0 Å². The Kier molecular flexibility index (Phi) is 5.88. The quantitative estimate of drug-likeness (QED) is 0.564. The van der Waals surface area contributed by atoms with Crippen LogP contribution in [0.2, 0.25) is 0 Å². The molecule has 33 heavy (non-hydrogen) atoms. The van der Waals surface area contributed by atoms with E-state index < -0.39 is 15.1 Å². The first kappa shape index (κ1) is 22.8. The topological polar surface area (TPSA) is 87.9 Å². The number of carbonyl (C=O) groups excluding carboxylic acids is 2. The molecule has 0 unspecified atom stereocenters. The summed E-state index contributed by atoms with van der Waals surface area (Å²) in [7, 11) is -3.37. The summed E-state index contributed by atoms with van der Waals surface area (Å²) in [5, 5.41) is -0.507. The van der Waals surface area contributed by atoms with Crippen molar-refractivity contribution in [1.29, 1.82) is 0 Å². The SMILES string of the molecule is CC(=O)N1c2ccc(-c3ccc(S(=O)(=O)C(C)C)cc3)cc2N(C(=O)c2ccco2)C[C@@H]1C. The van der Waals surface area contributed by atoms with Crippen molar-refractivity contribution in [3.05, 3.63) is 66.6 Å². The van der Waals surface area contributed by atoms with E-state index in [1.807, 2.05) is 25.1 Å². The van der Waals surface area contributed by atoms with Gasteiger partial charge in [0.2, 0.25) is 5.91 Å². The van der Waals surface area contributed by atoms with Gasteiger partial charge in [-0.3, -0.25) is 9.59 Å². The highest BCUT2D eigenvalue weighted by atomic mass is 32.2. The van der Waals surface area contributed by atoms with Gasteiger partial charge in [0.25, 0.3) is 5.91 Å². The zero-order valence-corrected chi connectivity index (χ0v) is 19.8. The smallest absolute Gasteiger partial charge is 0.294 e. The molecule has 0 radical (unpaired) electrons. The molecule has 1 aliphatic heterocycles. The summed E-state index contributed by atoms with van der Waals surface area (Å²) in [4.78, 5) is 29.1. The number of carbonyl (C=O) groups is 2. The number of fused-ring (bicyclic) bond motifs is 1. The van der Waals surface area contributed by atoms with Gasteiger partial charge >= 0.3 is 0 Å². The number of nitrogens with zero attached hydrogens (tertiary/aromatic N) is 2. The highest BCUT2D eigenvalue weighted by molar-refractivity contribution is 7.92. The lowest BCUT2D eigenvalue weighted by molar-refractivity contribution is -0.117. The van der Waals surface area contributed by atoms with E-state index in [1.165, 1.54) is 13.2 Å². The van der Waals surface area contributed by atoms with E-state index in [0.717, 1.165) is 11.1 Å². The fraction of sp³-hybridized carbons (Fsp3) is 0.280. The van der Waals surface area contributed by atoms with Crippen LogP contribution in [-0.4, -0.2) is 38.1 Å². The fourth-order valence-electron chi connectivity index (χ4n) is 4.12. The normalized spacial score (nSPS) is 16.1. The predicted molar refractivity (Wildman–Crippen MR) is 127 cm³/mol. The van der Waals surface area contributed by atoms with Crippen molar-refractivity contribution in [1.82, 2.24) is 0 Å². The molecule has 0 saturated carbocycles. The lowest BCUT2D eigenvalue weighted by Crippen LogP contribution is -2.51. The summed E-state index contributed by atoms with van der Waals surface area (Å²) in [6, 6.07) is 15.3. The Labute approximate surface area is 193 Å². The van der Waals surface area contributed by atoms with Crippen LogP contribution in [0.1, 0.15) is 38.2 Å². The minimum absolute atomic E-state index is 0.107. The Hall–Kier alpha value is -3.39. The average molecular weight is 467 g/mol. The molecule has 0 spiro atoms. The number of hydrogen-bond acceptors (Lipinski definition) is 5. The van der Waals surface area contributed by atoms with Crippen molar-refractivity contribution in [3.8, 4) is 11.1 Å². The van der Waals surface area contributed by atoms with Gasteiger partial charge in [-0.15, -0.1) is 0 Å². The largest absolute Gasteiger partial charge is 0.459 e. The zero-order valence-electron chi connectivity index (χ0n) is 19.0. The van der Waals surface area contributed by atoms with Gasteiger partial charge in [0.1, 0.15) is 0 Å². The van der Waals surface area contributed by atoms with Crippen LogP contribution in [0, 0.1) is 0 Å². The maximum Gasteiger partial charge on any atom is 0.294 e. The highest BCUT2D eigenvalue weighted by Crippen LogP contribution is 2.39. The molecule has 2 aromatic carbocycles. The van der Waals surface area contributed by atoms with E-state index in [-0.39, 0.29) is 28.5 Å². The van der Waals surface area contributed by atoms with E-state index >= 15 is 0 Å². The van der Waals surface area contributed by atoms with Crippen molar-refractivity contribution in [3.63, 3.8) is 0 Å². The number of rotatable bonds is 4. The van der Waals surface area contributed by atoms with Crippen molar-refractivity contribution < 1.29 is 22.4 Å². The number of benzene rings is 2. The first-order valence-electron chi connectivity index (χ1n) is 10.7. The number of amides is 2. The Morgan fingerprint density at radius 1 is 1.00 bits per heavy atom. The second-order valence-corrected chi connectivity index (χ2v) is 11.0. The molecule has 1 aliphatic rings. The number of sulfone groups is 1. The van der Waals surface area contributed by atoms with Crippen LogP contribution in [0.3, 0.4) is 0 Å². The fourth-order valence-corrected chi connectivity index (χ4v) is 5.18. The van der Waals surface area contributed by atoms with Crippen molar-refractivity contribution >= 4 is 33.0 Å². The maximum atomic E-state index is 13.2. The van der Waals surface area contributed by atoms with E-state index in [2.05, 4.69) is 0 Å². The van der Waals surface area contributed by atoms with Gasteiger partial charge in [0.05, 0.1) is 33.8 Å². The van der Waals surface area contributed by atoms with Crippen molar-refractivity contribution in [2.24, 2.45) is 0 Å². The Morgan fingerprint density at radius 2 is 1.67 bits per heavy atom. The number of anilines is 2. The van der Waals surface area contributed by atoms with E-state index in [4.69, 9.17) is 4.42 Å². The second kappa shape index (κ2) is 8.51. The Balaban J connectivity index is 1.79. The molecule has 2 heterocycles. The monoisotopic (exact) mass is 466 g/mol. The Morgan fingerprint density at radius 3 is 2.24 bits per heavy atom. The van der Waals surface area contributed by atoms with E-state index in [0.29, 0.717) is 17.9 Å². The average Bonchev–Trinajstić information content (AvgIpc) is 3.32. The van der Waals surface area contributed by atoms with Crippen LogP contribution in [0.5, 0.6) is 0 Å². The molecule has 172 valence electrons. The van der Waals surface area contributed by atoms with Gasteiger partial charge in [-0.1, -0.05) is 18.2 Å². The van der Waals surface area contributed by atoms with Crippen LogP contribution in [0.15, 0.2) is 70.2 Å². The summed E-state index contributed by atoms with van der Waals surface area (Å²) in [5.41, 5.74) is 2.85. The highest BCUT2D eigenvalue weighted by Gasteiger charge is 2.35. The molecule has 0 bridgehead atoms. The molecule has 8 heteroatoms. The maximum absolute atomic E-state index is 13.2. The summed E-state index contributed by atoms with van der Waals surface area (Å²) in [6.07, 6.45) is 1.45. The molecular formula is C25H26N2O5S. The molecule has 2 amide bonds. The molecule has 1 aromatic heterocycles. The molecule has 7 nitrogen and oxygen atoms in total. The van der Waals surface area contributed by atoms with Crippen molar-refractivity contribution in [2.75, 3.05) is 16.3 Å². The standard InChI is InChI=1S/C25H26N2O5S/c1-16(2)33(30,31)21-10-7-19(8-11-21)20-9-12-22-23(14-20)26(15-17(3)27(22)18(4)28)25(29)24-6-5-13-32-24/h5-14,16-17H,15H2,1-4H3/t17-/m0/s1. The molecule has 3 aromatic rings. The van der Waals surface area contributed by atoms with Gasteiger partial charge in [-0.2, -0.15) is 0 Å². The number of hydrogen-bond donors (Lipinski definition) is 0. The minimum Gasteiger partial charge on any atom is -0.459 e. The third-order valence-electron chi connectivity index (χ3n) is 5.87. The molecule has 0 saturated heterocycles. The summed E-state index contributed by atoms with van der Waals surface area (Å²) in [5.74, 6) is -0.172. The van der Waals surface area contributed by atoms with E-state index in [9.17, 15) is 18.0 Å². The van der Waals surface area contributed by atoms with Gasteiger partial charge < -0.3 is 14.2 Å². The zero-order chi connectivity index (χ0) is 23.9. The van der Waals surface area contributed by atoms with Gasteiger partial charge in [-0.05, 0) is 68.3 Å². The van der Waals surface area contributed by atoms with Crippen LogP contribution in [0.4, 0.5) is 11.4 Å². The van der Waals surface area contributed by atoms with Crippen LogP contribution >= 0.6 is 0 Å². The van der Waals surface area contributed by atoms with Crippen LogP contribution < -0.4 is 9.80 Å². The molecule has 4 rings (SSSR count). The van der Waals surface area contributed by atoms with Crippen molar-refractivity contribution in [2.45, 2.75) is 43.9 Å². The van der Waals surface area contributed by atoms with Gasteiger partial charge in [-0.25, -0.2) is 8.42 Å². The van der Waals surface area contributed by atoms with Crippen LogP contribution in [0.25, 0.3) is 11.1 Å². The molecule has 1 atom stereocenters. The first-order chi connectivity index (χ1) is 15.6. The molecular weight excluding hydrogens is 440 g/mol. The summed E-state index contributed by atoms with van der Waals surface area (Å²) < 4.78 is 30.2. The summed E-state index contributed by atoms with van der Waals surface area (Å²) in [6.45, 7) is 7.03. The lowest BCUT2D eigenvalue weighted by Gasteiger charge is -2.40. The Bertz CT molecular complexity index is 1300. The third kappa shape index (κ3) is 4.06. The van der Waals surface area contributed by atoms with Crippen LogP contribution in [-0.2, 0) is 14.6 Å². The molecule has 0 N–H and O–H groups in total.